The maximum absolute atomic E-state index is 13.6. The molecule has 1 fully saturated rings. The van der Waals surface area contributed by atoms with Gasteiger partial charge in [0.1, 0.15) is 11.6 Å². The van der Waals surface area contributed by atoms with E-state index in [0.29, 0.717) is 0 Å². The molecular formula is C22H17FN4. The summed E-state index contributed by atoms with van der Waals surface area (Å²) >= 11 is 0. The van der Waals surface area contributed by atoms with Crippen LogP contribution < -0.4 is 4.90 Å². The summed E-state index contributed by atoms with van der Waals surface area (Å²) < 4.78 is 13.6. The van der Waals surface area contributed by atoms with Crippen LogP contribution in [0.15, 0.2) is 73.1 Å². The second-order valence-corrected chi connectivity index (χ2v) is 6.76. The van der Waals surface area contributed by atoms with Crippen LogP contribution in [0.1, 0.15) is 11.6 Å². The number of aromatic nitrogens is 3. The van der Waals surface area contributed by atoms with Gasteiger partial charge in [-0.1, -0.05) is 30.3 Å². The molecule has 5 rings (SSSR count). The summed E-state index contributed by atoms with van der Waals surface area (Å²) in [5, 5.41) is 1.14. The summed E-state index contributed by atoms with van der Waals surface area (Å²) in [5.41, 5.74) is 3.44. The molecule has 0 amide bonds. The van der Waals surface area contributed by atoms with Crippen molar-refractivity contribution in [1.29, 1.82) is 0 Å². The average molecular weight is 356 g/mol. The van der Waals surface area contributed by atoms with Gasteiger partial charge in [-0.15, -0.1) is 0 Å². The molecule has 0 N–H and O–H groups in total. The van der Waals surface area contributed by atoms with Crippen LogP contribution >= 0.6 is 0 Å². The lowest BCUT2D eigenvalue weighted by Gasteiger charge is -2.40. The highest BCUT2D eigenvalue weighted by Gasteiger charge is 2.32. The Balaban J connectivity index is 1.40. The Kier molecular flexibility index (Phi) is 3.78. The molecule has 0 bridgehead atoms. The summed E-state index contributed by atoms with van der Waals surface area (Å²) in [6, 6.07) is 18.8. The molecule has 0 unspecified atom stereocenters. The molecule has 3 heterocycles. The number of hydrogen-bond acceptors (Lipinski definition) is 4. The van der Waals surface area contributed by atoms with Gasteiger partial charge < -0.3 is 4.90 Å². The zero-order chi connectivity index (χ0) is 18.2. The zero-order valence-electron chi connectivity index (χ0n) is 14.6. The monoisotopic (exact) mass is 356 g/mol. The molecule has 0 aliphatic carbocycles. The van der Waals surface area contributed by atoms with E-state index in [0.717, 1.165) is 46.8 Å². The van der Waals surface area contributed by atoms with Crippen molar-refractivity contribution in [2.75, 3.05) is 18.0 Å². The molecule has 1 aliphatic heterocycles. The fraction of sp³-hybridized carbons (Fsp3) is 0.136. The number of rotatable bonds is 3. The SMILES string of the molecule is Fc1cccc(-c2nccnc2C2CN(c3ccc4ccccc4n3)C2)c1. The molecule has 0 saturated carbocycles. The van der Waals surface area contributed by atoms with Gasteiger partial charge in [-0.3, -0.25) is 9.97 Å². The van der Waals surface area contributed by atoms with Gasteiger partial charge in [-0.2, -0.15) is 0 Å². The number of fused-ring (bicyclic) bond motifs is 1. The molecule has 0 radical (unpaired) electrons. The highest BCUT2D eigenvalue weighted by molar-refractivity contribution is 5.80. The molecule has 4 aromatic rings. The van der Waals surface area contributed by atoms with Crippen molar-refractivity contribution in [3.63, 3.8) is 0 Å². The van der Waals surface area contributed by atoms with Crippen molar-refractivity contribution in [2.45, 2.75) is 5.92 Å². The van der Waals surface area contributed by atoms with Gasteiger partial charge in [0, 0.05) is 42.4 Å². The van der Waals surface area contributed by atoms with Crippen LogP contribution in [0, 0.1) is 5.82 Å². The molecule has 0 atom stereocenters. The van der Waals surface area contributed by atoms with Crippen LogP contribution in [0.4, 0.5) is 10.2 Å². The lowest BCUT2D eigenvalue weighted by Crippen LogP contribution is -2.46. The highest BCUT2D eigenvalue weighted by Crippen LogP contribution is 2.34. The standard InChI is InChI=1S/C22H17FN4/c23-18-6-3-5-16(12-18)21-22(25-11-10-24-21)17-13-27(14-17)20-9-8-15-4-1-2-7-19(15)26-20/h1-12,17H,13-14H2. The topological polar surface area (TPSA) is 41.9 Å². The molecule has 0 spiro atoms. The first kappa shape index (κ1) is 15.9. The van der Waals surface area contributed by atoms with E-state index in [9.17, 15) is 4.39 Å². The smallest absolute Gasteiger partial charge is 0.129 e. The Labute approximate surface area is 156 Å². The van der Waals surface area contributed by atoms with Crippen molar-refractivity contribution in [3.8, 4) is 11.3 Å². The number of para-hydroxylation sites is 1. The third-order valence-electron chi connectivity index (χ3n) is 5.00. The largest absolute Gasteiger partial charge is 0.355 e. The predicted octanol–water partition coefficient (Wildman–Crippen LogP) is 4.43. The molecule has 27 heavy (non-hydrogen) atoms. The number of hydrogen-bond donors (Lipinski definition) is 0. The minimum absolute atomic E-state index is 0.255. The maximum Gasteiger partial charge on any atom is 0.129 e. The van der Waals surface area contributed by atoms with Crippen LogP contribution in [-0.2, 0) is 0 Å². The lowest BCUT2D eigenvalue weighted by atomic mass is 9.92. The van der Waals surface area contributed by atoms with Gasteiger partial charge >= 0.3 is 0 Å². The minimum Gasteiger partial charge on any atom is -0.355 e. The number of halogens is 1. The molecule has 1 aliphatic rings. The van der Waals surface area contributed by atoms with Crippen LogP contribution in [0.3, 0.4) is 0 Å². The van der Waals surface area contributed by atoms with E-state index >= 15 is 0 Å². The highest BCUT2D eigenvalue weighted by atomic mass is 19.1. The van der Waals surface area contributed by atoms with Crippen molar-refractivity contribution < 1.29 is 4.39 Å². The summed E-state index contributed by atoms with van der Waals surface area (Å²) in [7, 11) is 0. The predicted molar refractivity (Wildman–Crippen MR) is 104 cm³/mol. The quantitative estimate of drug-likeness (QED) is 0.544. The third kappa shape index (κ3) is 2.91. The van der Waals surface area contributed by atoms with E-state index < -0.39 is 0 Å². The third-order valence-corrected chi connectivity index (χ3v) is 5.00. The number of pyridine rings is 1. The van der Waals surface area contributed by atoms with Crippen LogP contribution in [0.25, 0.3) is 22.2 Å². The van der Waals surface area contributed by atoms with E-state index in [1.807, 2.05) is 24.3 Å². The number of anilines is 1. The summed E-state index contributed by atoms with van der Waals surface area (Å²) in [6.07, 6.45) is 3.36. The molecule has 2 aromatic heterocycles. The van der Waals surface area contributed by atoms with Crippen LogP contribution in [0.2, 0.25) is 0 Å². The fourth-order valence-electron chi connectivity index (χ4n) is 3.58. The zero-order valence-corrected chi connectivity index (χ0v) is 14.6. The molecule has 1 saturated heterocycles. The van der Waals surface area contributed by atoms with Gasteiger partial charge in [0.2, 0.25) is 0 Å². The maximum atomic E-state index is 13.6. The Morgan fingerprint density at radius 2 is 1.74 bits per heavy atom. The number of benzene rings is 2. The molecule has 5 heteroatoms. The molecular weight excluding hydrogens is 339 g/mol. The van der Waals surface area contributed by atoms with Gasteiger partial charge in [0.05, 0.1) is 16.9 Å². The van der Waals surface area contributed by atoms with E-state index in [1.54, 1.807) is 18.5 Å². The van der Waals surface area contributed by atoms with E-state index in [-0.39, 0.29) is 11.7 Å². The lowest BCUT2D eigenvalue weighted by molar-refractivity contribution is 0.509. The minimum atomic E-state index is -0.264. The van der Waals surface area contributed by atoms with Gasteiger partial charge in [0.15, 0.2) is 0 Å². The van der Waals surface area contributed by atoms with Crippen LogP contribution in [0.5, 0.6) is 0 Å². The van der Waals surface area contributed by atoms with Crippen molar-refractivity contribution in [2.24, 2.45) is 0 Å². The van der Waals surface area contributed by atoms with E-state index in [1.165, 1.54) is 12.1 Å². The second-order valence-electron chi connectivity index (χ2n) is 6.76. The van der Waals surface area contributed by atoms with E-state index in [4.69, 9.17) is 4.98 Å². The van der Waals surface area contributed by atoms with Crippen molar-refractivity contribution >= 4 is 16.7 Å². The summed E-state index contributed by atoms with van der Waals surface area (Å²) in [6.45, 7) is 1.65. The normalized spacial score (nSPS) is 14.3. The number of nitrogens with zero attached hydrogens (tertiary/aromatic N) is 4. The summed E-state index contributed by atoms with van der Waals surface area (Å²) in [5.74, 6) is 0.964. The first-order chi connectivity index (χ1) is 13.3. The molecule has 2 aromatic carbocycles. The van der Waals surface area contributed by atoms with E-state index in [2.05, 4.69) is 33.1 Å². The average Bonchev–Trinajstić information content (AvgIpc) is 2.67. The van der Waals surface area contributed by atoms with Gasteiger partial charge in [-0.25, -0.2) is 9.37 Å². The molecule has 132 valence electrons. The van der Waals surface area contributed by atoms with Gasteiger partial charge in [0.25, 0.3) is 0 Å². The van der Waals surface area contributed by atoms with Crippen LogP contribution in [-0.4, -0.2) is 28.0 Å². The van der Waals surface area contributed by atoms with Gasteiger partial charge in [-0.05, 0) is 30.3 Å². The Morgan fingerprint density at radius 3 is 2.63 bits per heavy atom. The van der Waals surface area contributed by atoms with Crippen molar-refractivity contribution in [3.05, 3.63) is 84.6 Å². The Hall–Kier alpha value is -3.34. The summed E-state index contributed by atoms with van der Waals surface area (Å²) in [4.78, 5) is 16.0. The Bertz CT molecular complexity index is 1120. The molecule has 4 nitrogen and oxygen atoms in total. The van der Waals surface area contributed by atoms with Crippen molar-refractivity contribution in [1.82, 2.24) is 15.0 Å². The second kappa shape index (κ2) is 6.43. The first-order valence-corrected chi connectivity index (χ1v) is 8.95. The fourth-order valence-corrected chi connectivity index (χ4v) is 3.58. The first-order valence-electron chi connectivity index (χ1n) is 8.95. The Morgan fingerprint density at radius 1 is 0.889 bits per heavy atom.